The highest BCUT2D eigenvalue weighted by atomic mass is 31.2. The predicted octanol–water partition coefficient (Wildman–Crippen LogP) is 3.79. The van der Waals surface area contributed by atoms with E-state index in [-0.39, 0.29) is 6.61 Å². The van der Waals surface area contributed by atoms with Gasteiger partial charge in [-0.25, -0.2) is 4.57 Å². The van der Waals surface area contributed by atoms with E-state index >= 15 is 0 Å². The summed E-state index contributed by atoms with van der Waals surface area (Å²) in [5, 5.41) is 0. The summed E-state index contributed by atoms with van der Waals surface area (Å²) in [7, 11) is -8.82. The highest BCUT2D eigenvalue weighted by Gasteiger charge is 2.25. The van der Waals surface area contributed by atoms with Crippen LogP contribution in [0.2, 0.25) is 0 Å². The molecule has 0 amide bonds. The van der Waals surface area contributed by atoms with E-state index in [1.54, 1.807) is 0 Å². The van der Waals surface area contributed by atoms with Gasteiger partial charge in [-0.15, -0.1) is 0 Å². The van der Waals surface area contributed by atoms with Crippen molar-refractivity contribution >= 4 is 15.4 Å². The molecule has 0 aromatic carbocycles. The van der Waals surface area contributed by atoms with Gasteiger partial charge in [-0.2, -0.15) is 0 Å². The fourth-order valence-electron chi connectivity index (χ4n) is 1.81. The van der Waals surface area contributed by atoms with Crippen molar-refractivity contribution in [2.45, 2.75) is 64.7 Å². The van der Waals surface area contributed by atoms with E-state index < -0.39 is 21.8 Å². The van der Waals surface area contributed by atoms with E-state index in [9.17, 15) is 14.0 Å². The van der Waals surface area contributed by atoms with Gasteiger partial charge in [0.15, 0.2) is 6.35 Å². The number of rotatable bonds is 14. The second-order valence-electron chi connectivity index (χ2n) is 5.05. The van der Waals surface area contributed by atoms with Crippen molar-refractivity contribution in [1.82, 2.24) is 0 Å². The monoisotopic (exact) mass is 346 g/mol. The molecule has 128 valence electrons. The van der Waals surface area contributed by atoms with Crippen LogP contribution in [0.15, 0.2) is 0 Å². The second kappa shape index (κ2) is 11.8. The first-order valence-corrected chi connectivity index (χ1v) is 10.7. The molecule has 0 aliphatic carbocycles. The number of hydrogen-bond donors (Lipinski definition) is 3. The minimum absolute atomic E-state index is 0.0914. The molecule has 0 saturated heterocycles. The quantitative estimate of drug-likeness (QED) is 0.324. The summed E-state index contributed by atoms with van der Waals surface area (Å²) >= 11 is 0. The van der Waals surface area contributed by atoms with Crippen molar-refractivity contribution in [2.75, 3.05) is 13.0 Å². The van der Waals surface area contributed by atoms with E-state index in [4.69, 9.17) is 14.3 Å². The van der Waals surface area contributed by atoms with Crippen molar-refractivity contribution in [3.63, 3.8) is 0 Å². The van der Waals surface area contributed by atoms with Crippen LogP contribution in [0.1, 0.15) is 64.7 Å². The molecule has 9 heteroatoms. The Labute approximate surface area is 126 Å². The number of unbranched alkanes of at least 4 members (excludes halogenated alkanes) is 8. The van der Waals surface area contributed by atoms with Gasteiger partial charge in [0.2, 0.25) is 0 Å². The lowest BCUT2D eigenvalue weighted by Crippen LogP contribution is -1.99. The van der Waals surface area contributed by atoms with Crippen LogP contribution in [0.3, 0.4) is 0 Å². The molecule has 3 N–H and O–H groups in total. The molecule has 1 atom stereocenters. The molecule has 0 saturated carbocycles. The van der Waals surface area contributed by atoms with Crippen molar-refractivity contribution < 1.29 is 32.9 Å². The Kier molecular flexibility index (Phi) is 11.9. The summed E-state index contributed by atoms with van der Waals surface area (Å²) in [6.45, 7) is 2.28. The van der Waals surface area contributed by atoms with Crippen molar-refractivity contribution in [3.8, 4) is 0 Å². The fourth-order valence-corrected chi connectivity index (χ4v) is 3.48. The Morgan fingerprint density at radius 3 is 1.71 bits per heavy atom. The molecular weight excluding hydrogens is 318 g/mol. The highest BCUT2D eigenvalue weighted by molar-refractivity contribution is 7.53. The summed E-state index contributed by atoms with van der Waals surface area (Å²) in [6.07, 6.45) is 9.07. The number of hydrogen-bond acceptors (Lipinski definition) is 4. The van der Waals surface area contributed by atoms with Gasteiger partial charge in [0, 0.05) is 0 Å². The van der Waals surface area contributed by atoms with Gasteiger partial charge in [0.1, 0.15) is 0 Å². The molecule has 0 bridgehead atoms. The first-order chi connectivity index (χ1) is 9.77. The Hall–Kier alpha value is 0.260. The molecule has 0 fully saturated rings. The van der Waals surface area contributed by atoms with Gasteiger partial charge in [-0.1, -0.05) is 58.3 Å². The van der Waals surface area contributed by atoms with Gasteiger partial charge < -0.3 is 19.2 Å². The lowest BCUT2D eigenvalue weighted by Gasteiger charge is -2.12. The standard InChI is InChI=1S/C12H28O7P2/c1-2-3-4-5-6-7-8-9-10-11-18-20(13,14)12-19-21(15,16)17/h2-12H2,1H3,(H,13,14)(H2,15,16,17). The number of phosphoric ester groups is 1. The third-order valence-corrected chi connectivity index (χ3v) is 4.64. The van der Waals surface area contributed by atoms with E-state index in [1.165, 1.54) is 32.1 Å². The van der Waals surface area contributed by atoms with Crippen molar-refractivity contribution in [2.24, 2.45) is 0 Å². The van der Waals surface area contributed by atoms with E-state index in [0.29, 0.717) is 6.42 Å². The van der Waals surface area contributed by atoms with Gasteiger partial charge in [-0.05, 0) is 6.42 Å². The molecular formula is C12H28O7P2. The maximum absolute atomic E-state index is 11.4. The third-order valence-electron chi connectivity index (χ3n) is 2.93. The maximum Gasteiger partial charge on any atom is 0.470 e. The van der Waals surface area contributed by atoms with Gasteiger partial charge in [0.25, 0.3) is 0 Å². The van der Waals surface area contributed by atoms with Crippen LogP contribution < -0.4 is 0 Å². The second-order valence-corrected chi connectivity index (χ2v) is 8.08. The largest absolute Gasteiger partial charge is 0.470 e. The summed E-state index contributed by atoms with van der Waals surface area (Å²) in [5.74, 6) is 0. The maximum atomic E-state index is 11.4. The van der Waals surface area contributed by atoms with Crippen molar-refractivity contribution in [3.05, 3.63) is 0 Å². The zero-order chi connectivity index (χ0) is 16.2. The lowest BCUT2D eigenvalue weighted by molar-refractivity contribution is 0.188. The Morgan fingerprint density at radius 1 is 0.762 bits per heavy atom. The van der Waals surface area contributed by atoms with E-state index in [2.05, 4.69) is 11.4 Å². The van der Waals surface area contributed by atoms with Crippen LogP contribution in [0, 0.1) is 0 Å². The van der Waals surface area contributed by atoms with Crippen LogP contribution in [-0.2, 0) is 18.2 Å². The van der Waals surface area contributed by atoms with Crippen LogP contribution in [0.5, 0.6) is 0 Å². The highest BCUT2D eigenvalue weighted by Crippen LogP contribution is 2.48. The molecule has 0 aromatic rings. The molecule has 0 aliphatic heterocycles. The molecule has 21 heavy (non-hydrogen) atoms. The zero-order valence-electron chi connectivity index (χ0n) is 12.6. The fraction of sp³-hybridized carbons (Fsp3) is 1.00. The molecule has 0 heterocycles. The molecule has 0 aromatic heterocycles. The average Bonchev–Trinajstić information content (AvgIpc) is 2.38. The molecule has 7 nitrogen and oxygen atoms in total. The minimum atomic E-state index is -4.74. The third kappa shape index (κ3) is 16.5. The topological polar surface area (TPSA) is 113 Å². The Morgan fingerprint density at radius 2 is 1.24 bits per heavy atom. The molecule has 0 aliphatic rings. The zero-order valence-corrected chi connectivity index (χ0v) is 14.4. The normalized spacial score (nSPS) is 15.0. The molecule has 1 unspecified atom stereocenters. The SMILES string of the molecule is CCCCCCCCCCCOP(=O)(O)COP(=O)(O)O. The summed E-state index contributed by atoms with van der Waals surface area (Å²) in [4.78, 5) is 26.1. The van der Waals surface area contributed by atoms with E-state index in [0.717, 1.165) is 19.3 Å². The lowest BCUT2D eigenvalue weighted by atomic mass is 10.1. The Bertz CT molecular complexity index is 342. The molecule has 0 rings (SSSR count). The van der Waals surface area contributed by atoms with Crippen LogP contribution in [0.4, 0.5) is 0 Å². The molecule has 0 radical (unpaired) electrons. The van der Waals surface area contributed by atoms with Gasteiger partial charge in [-0.3, -0.25) is 9.09 Å². The Balaban J connectivity index is 3.45. The van der Waals surface area contributed by atoms with Crippen LogP contribution in [-0.4, -0.2) is 27.6 Å². The summed E-state index contributed by atoms with van der Waals surface area (Å²) < 4.78 is 30.5. The smallest absolute Gasteiger partial charge is 0.323 e. The van der Waals surface area contributed by atoms with Crippen molar-refractivity contribution in [1.29, 1.82) is 0 Å². The first kappa shape index (κ1) is 21.3. The minimum Gasteiger partial charge on any atom is -0.323 e. The van der Waals surface area contributed by atoms with Crippen LogP contribution >= 0.6 is 15.4 Å². The van der Waals surface area contributed by atoms with E-state index in [1.807, 2.05) is 0 Å². The molecule has 0 spiro atoms. The summed E-state index contributed by atoms with van der Waals surface area (Å²) in [5.41, 5.74) is 0. The van der Waals surface area contributed by atoms with Crippen LogP contribution in [0.25, 0.3) is 0 Å². The van der Waals surface area contributed by atoms with Gasteiger partial charge in [0.05, 0.1) is 6.61 Å². The predicted molar refractivity (Wildman–Crippen MR) is 81.0 cm³/mol. The average molecular weight is 346 g/mol. The first-order valence-electron chi connectivity index (χ1n) is 7.43. The number of phosphoric acid groups is 1. The van der Waals surface area contributed by atoms with Gasteiger partial charge >= 0.3 is 15.4 Å². The summed E-state index contributed by atoms with van der Waals surface area (Å²) in [6, 6.07) is 0.